The van der Waals surface area contributed by atoms with Gasteiger partial charge >= 0.3 is 0 Å². The van der Waals surface area contributed by atoms with Crippen molar-refractivity contribution in [1.29, 1.82) is 0 Å². The lowest BCUT2D eigenvalue weighted by atomic mass is 9.88. The minimum Gasteiger partial charge on any atom is -0.493 e. The first kappa shape index (κ1) is 17.1. The molecule has 2 N–H and O–H groups in total. The molecule has 0 radical (unpaired) electrons. The molecule has 1 fully saturated rings. The highest BCUT2D eigenvalue weighted by Gasteiger charge is 2.33. The number of carbonyl (C=O) groups is 1. The number of nitrogens with two attached hydrogens (primary N) is 1. The van der Waals surface area contributed by atoms with Gasteiger partial charge < -0.3 is 15.4 Å². The van der Waals surface area contributed by atoms with E-state index in [-0.39, 0.29) is 30.3 Å². The number of likely N-dealkylation sites (tertiary alicyclic amines) is 1. The van der Waals surface area contributed by atoms with Crippen molar-refractivity contribution < 1.29 is 9.53 Å². The van der Waals surface area contributed by atoms with E-state index in [0.717, 1.165) is 43.7 Å². The number of benzene rings is 1. The number of amides is 1. The summed E-state index contributed by atoms with van der Waals surface area (Å²) in [6.45, 7) is 4.37. The van der Waals surface area contributed by atoms with Crippen molar-refractivity contribution in [3.8, 4) is 5.75 Å². The number of hydrogen-bond acceptors (Lipinski definition) is 3. The van der Waals surface area contributed by atoms with Crippen LogP contribution in [0.2, 0.25) is 0 Å². The third-order valence-electron chi connectivity index (χ3n) is 4.85. The lowest BCUT2D eigenvalue weighted by Crippen LogP contribution is -2.44. The predicted molar refractivity (Wildman–Crippen MR) is 89.5 cm³/mol. The van der Waals surface area contributed by atoms with Gasteiger partial charge in [0.15, 0.2) is 0 Å². The molecule has 0 aliphatic carbocycles. The summed E-state index contributed by atoms with van der Waals surface area (Å²) >= 11 is 0. The van der Waals surface area contributed by atoms with E-state index in [1.807, 2.05) is 29.2 Å². The zero-order valence-corrected chi connectivity index (χ0v) is 13.8. The Bertz CT molecular complexity index is 513. The van der Waals surface area contributed by atoms with Gasteiger partial charge in [-0.3, -0.25) is 4.79 Å². The molecule has 0 saturated carbocycles. The van der Waals surface area contributed by atoms with Gasteiger partial charge in [-0.2, -0.15) is 0 Å². The van der Waals surface area contributed by atoms with Crippen LogP contribution in [0.25, 0.3) is 0 Å². The zero-order chi connectivity index (χ0) is 14.8. The van der Waals surface area contributed by atoms with Crippen molar-refractivity contribution in [1.82, 2.24) is 4.90 Å². The minimum atomic E-state index is -0.0400. The van der Waals surface area contributed by atoms with Crippen LogP contribution in [0, 0.1) is 5.92 Å². The number of carbonyl (C=O) groups excluding carboxylic acids is 1. The molecular weight excluding hydrogens is 300 g/mol. The monoisotopic (exact) mass is 324 g/mol. The van der Waals surface area contributed by atoms with Gasteiger partial charge in [0.1, 0.15) is 5.75 Å². The van der Waals surface area contributed by atoms with Gasteiger partial charge in [-0.25, -0.2) is 0 Å². The van der Waals surface area contributed by atoms with Crippen molar-refractivity contribution >= 4 is 18.3 Å². The molecule has 4 nitrogen and oxygen atoms in total. The van der Waals surface area contributed by atoms with Crippen LogP contribution in [-0.4, -0.2) is 36.5 Å². The highest BCUT2D eigenvalue weighted by molar-refractivity contribution is 5.85. The van der Waals surface area contributed by atoms with Crippen LogP contribution < -0.4 is 10.5 Å². The lowest BCUT2D eigenvalue weighted by Gasteiger charge is -2.36. The van der Waals surface area contributed by atoms with Crippen molar-refractivity contribution in [2.45, 2.75) is 38.1 Å². The topological polar surface area (TPSA) is 55.6 Å². The molecule has 1 amide bonds. The fourth-order valence-electron chi connectivity index (χ4n) is 3.46. The highest BCUT2D eigenvalue weighted by Crippen LogP contribution is 2.35. The van der Waals surface area contributed by atoms with Gasteiger partial charge in [0, 0.05) is 24.7 Å². The fraction of sp³-hybridized carbons (Fsp3) is 0.588. The van der Waals surface area contributed by atoms with Crippen LogP contribution in [0.15, 0.2) is 24.3 Å². The molecule has 2 atom stereocenters. The Hall–Kier alpha value is -1.26. The molecule has 2 heterocycles. The first-order chi connectivity index (χ1) is 10.2. The second-order valence-corrected chi connectivity index (χ2v) is 6.25. The number of nitrogens with zero attached hydrogens (tertiary/aromatic N) is 1. The summed E-state index contributed by atoms with van der Waals surface area (Å²) in [5.74, 6) is 1.64. The number of halogens is 1. The smallest absolute Gasteiger partial charge is 0.230 e. The van der Waals surface area contributed by atoms with Crippen molar-refractivity contribution in [3.05, 3.63) is 29.8 Å². The lowest BCUT2D eigenvalue weighted by molar-refractivity contribution is -0.135. The predicted octanol–water partition coefficient (Wildman–Crippen LogP) is 2.56. The third kappa shape index (κ3) is 3.39. The van der Waals surface area contributed by atoms with Crippen molar-refractivity contribution in [3.63, 3.8) is 0 Å². The molecule has 2 aliphatic heterocycles. The number of rotatable bonds is 2. The summed E-state index contributed by atoms with van der Waals surface area (Å²) in [5, 5.41) is 0. The van der Waals surface area contributed by atoms with Crippen molar-refractivity contribution in [2.24, 2.45) is 11.7 Å². The molecule has 1 saturated heterocycles. The van der Waals surface area contributed by atoms with Crippen LogP contribution in [-0.2, 0) is 4.79 Å². The van der Waals surface area contributed by atoms with E-state index in [4.69, 9.17) is 10.5 Å². The van der Waals surface area contributed by atoms with E-state index >= 15 is 0 Å². The van der Waals surface area contributed by atoms with Gasteiger partial charge in [0.05, 0.1) is 12.5 Å². The maximum absolute atomic E-state index is 12.8. The number of hydrogen-bond donors (Lipinski definition) is 1. The van der Waals surface area contributed by atoms with E-state index in [9.17, 15) is 4.79 Å². The van der Waals surface area contributed by atoms with Gasteiger partial charge in [-0.1, -0.05) is 18.2 Å². The third-order valence-corrected chi connectivity index (χ3v) is 4.85. The number of piperidine rings is 1. The largest absolute Gasteiger partial charge is 0.493 e. The standard InChI is InChI=1S/C17H24N2O2.ClH/c1-12(18)13-6-9-19(10-7-13)17(20)15-8-11-21-16-5-3-2-4-14(15)16;/h2-5,12-13,15H,6-11,18H2,1H3;1H. The minimum absolute atomic E-state index is 0. The van der Waals surface area contributed by atoms with Crippen LogP contribution in [0.4, 0.5) is 0 Å². The Morgan fingerprint density at radius 1 is 1.27 bits per heavy atom. The van der Waals surface area contributed by atoms with Gasteiger partial charge in [0.2, 0.25) is 5.91 Å². The van der Waals surface area contributed by atoms with E-state index in [1.54, 1.807) is 0 Å². The Morgan fingerprint density at radius 2 is 1.95 bits per heavy atom. The molecule has 3 rings (SSSR count). The second-order valence-electron chi connectivity index (χ2n) is 6.25. The van der Waals surface area contributed by atoms with Crippen LogP contribution >= 0.6 is 12.4 Å². The normalized spacial score (nSPS) is 23.0. The first-order valence-corrected chi connectivity index (χ1v) is 7.93. The molecule has 1 aromatic carbocycles. The SMILES string of the molecule is CC(N)C1CCN(C(=O)C2CCOc3ccccc32)CC1.Cl. The summed E-state index contributed by atoms with van der Waals surface area (Å²) in [5.41, 5.74) is 7.02. The van der Waals surface area contributed by atoms with E-state index in [1.165, 1.54) is 0 Å². The molecule has 122 valence electrons. The molecule has 0 bridgehead atoms. The molecule has 1 aromatic rings. The zero-order valence-electron chi connectivity index (χ0n) is 13.0. The quantitative estimate of drug-likeness (QED) is 0.909. The Kier molecular flexibility index (Phi) is 5.70. The summed E-state index contributed by atoms with van der Waals surface area (Å²) in [6.07, 6.45) is 2.83. The Morgan fingerprint density at radius 3 is 2.64 bits per heavy atom. The van der Waals surface area contributed by atoms with Crippen molar-refractivity contribution in [2.75, 3.05) is 19.7 Å². The van der Waals surface area contributed by atoms with Gasteiger partial charge in [-0.05, 0) is 38.2 Å². The molecule has 2 aliphatic rings. The molecular formula is C17H25ClN2O2. The summed E-state index contributed by atoms with van der Waals surface area (Å²) in [4.78, 5) is 14.9. The molecule has 0 spiro atoms. The highest BCUT2D eigenvalue weighted by atomic mass is 35.5. The van der Waals surface area contributed by atoms with Gasteiger partial charge in [-0.15, -0.1) is 12.4 Å². The number of para-hydroxylation sites is 1. The Balaban J connectivity index is 0.00000176. The molecule has 0 aromatic heterocycles. The summed E-state index contributed by atoms with van der Waals surface area (Å²) < 4.78 is 5.65. The summed E-state index contributed by atoms with van der Waals surface area (Å²) in [6, 6.07) is 8.14. The molecule has 5 heteroatoms. The average molecular weight is 325 g/mol. The van der Waals surface area contributed by atoms with E-state index in [2.05, 4.69) is 6.92 Å². The van der Waals surface area contributed by atoms with Crippen LogP contribution in [0.3, 0.4) is 0 Å². The molecule has 22 heavy (non-hydrogen) atoms. The average Bonchev–Trinajstić information content (AvgIpc) is 2.53. The van der Waals surface area contributed by atoms with E-state index < -0.39 is 0 Å². The first-order valence-electron chi connectivity index (χ1n) is 7.93. The maximum atomic E-state index is 12.8. The van der Waals surface area contributed by atoms with Gasteiger partial charge in [0.25, 0.3) is 0 Å². The Labute approximate surface area is 138 Å². The molecule has 2 unspecified atom stereocenters. The van der Waals surface area contributed by atoms with Crippen LogP contribution in [0.1, 0.15) is 37.7 Å². The number of ether oxygens (including phenoxy) is 1. The number of fused-ring (bicyclic) bond motifs is 1. The summed E-state index contributed by atoms with van der Waals surface area (Å²) in [7, 11) is 0. The van der Waals surface area contributed by atoms with E-state index in [0.29, 0.717) is 12.5 Å². The maximum Gasteiger partial charge on any atom is 0.230 e. The second kappa shape index (κ2) is 7.34. The fourth-order valence-corrected chi connectivity index (χ4v) is 3.46. The van der Waals surface area contributed by atoms with Crippen LogP contribution in [0.5, 0.6) is 5.75 Å².